The molecule has 1 aliphatic heterocycles. The normalized spacial score (nSPS) is 24.1. The topological polar surface area (TPSA) is 84.1 Å². The summed E-state index contributed by atoms with van der Waals surface area (Å²) in [7, 11) is 0. The Bertz CT molecular complexity index is 590. The first-order valence-corrected chi connectivity index (χ1v) is 7.59. The van der Waals surface area contributed by atoms with Gasteiger partial charge in [0, 0.05) is 6.20 Å². The zero-order valence-electron chi connectivity index (χ0n) is 12.3. The average Bonchev–Trinajstić information content (AvgIpc) is 2.82. The van der Waals surface area contributed by atoms with Crippen LogP contribution in [0.25, 0.3) is 0 Å². The molecule has 2 N–H and O–H groups in total. The standard InChI is InChI=1S/C15H21N3O3/c1-10-16-8-12(13(19)17-10)14(20)18-11-7-15(21-9-11)5-3-2-4-6-15/h8,11H,2-7,9H2,1H3,(H,18,20)(H,16,17,19). The Morgan fingerprint density at radius 1 is 1.43 bits per heavy atom. The van der Waals surface area contributed by atoms with Gasteiger partial charge < -0.3 is 15.0 Å². The van der Waals surface area contributed by atoms with E-state index in [9.17, 15) is 9.59 Å². The number of aromatic amines is 1. The summed E-state index contributed by atoms with van der Waals surface area (Å²) in [6, 6.07) is -0.0173. The quantitative estimate of drug-likeness (QED) is 0.860. The van der Waals surface area contributed by atoms with Crippen LogP contribution in [0.5, 0.6) is 0 Å². The lowest BCUT2D eigenvalue weighted by molar-refractivity contribution is -0.0246. The average molecular weight is 291 g/mol. The van der Waals surface area contributed by atoms with Crippen LogP contribution < -0.4 is 10.9 Å². The molecular formula is C15H21N3O3. The summed E-state index contributed by atoms with van der Waals surface area (Å²) in [5.41, 5.74) is -0.384. The van der Waals surface area contributed by atoms with Crippen LogP contribution in [0.1, 0.15) is 54.7 Å². The van der Waals surface area contributed by atoms with Crippen LogP contribution in [0.2, 0.25) is 0 Å². The fourth-order valence-corrected chi connectivity index (χ4v) is 3.39. The Hall–Kier alpha value is -1.69. The predicted octanol–water partition coefficient (Wildman–Crippen LogP) is 1.30. The Balaban J connectivity index is 1.64. The Kier molecular flexibility index (Phi) is 3.80. The first kappa shape index (κ1) is 14.3. The van der Waals surface area contributed by atoms with Gasteiger partial charge in [-0.3, -0.25) is 9.59 Å². The van der Waals surface area contributed by atoms with Gasteiger partial charge in [-0.2, -0.15) is 0 Å². The van der Waals surface area contributed by atoms with Crippen molar-refractivity contribution in [1.29, 1.82) is 0 Å². The molecular weight excluding hydrogens is 270 g/mol. The number of carbonyl (C=O) groups excluding carboxylic acids is 1. The maximum absolute atomic E-state index is 12.2. The van der Waals surface area contributed by atoms with Gasteiger partial charge in [-0.1, -0.05) is 19.3 Å². The summed E-state index contributed by atoms with van der Waals surface area (Å²) >= 11 is 0. The van der Waals surface area contributed by atoms with Crippen LogP contribution in [0, 0.1) is 6.92 Å². The van der Waals surface area contributed by atoms with Crippen LogP contribution in [0.15, 0.2) is 11.0 Å². The van der Waals surface area contributed by atoms with Gasteiger partial charge in [0.05, 0.1) is 18.2 Å². The smallest absolute Gasteiger partial charge is 0.263 e. The van der Waals surface area contributed by atoms with Crippen molar-refractivity contribution in [2.24, 2.45) is 0 Å². The largest absolute Gasteiger partial charge is 0.373 e. The second-order valence-corrected chi connectivity index (χ2v) is 6.14. The Morgan fingerprint density at radius 3 is 2.90 bits per heavy atom. The van der Waals surface area contributed by atoms with Gasteiger partial charge in [-0.25, -0.2) is 4.98 Å². The molecule has 6 nitrogen and oxygen atoms in total. The molecule has 0 bridgehead atoms. The van der Waals surface area contributed by atoms with E-state index in [1.54, 1.807) is 6.92 Å². The lowest BCUT2D eigenvalue weighted by Crippen LogP contribution is -2.39. The van der Waals surface area contributed by atoms with Crippen molar-refractivity contribution in [3.63, 3.8) is 0 Å². The van der Waals surface area contributed by atoms with Crippen molar-refractivity contribution in [3.05, 3.63) is 27.9 Å². The highest BCUT2D eigenvalue weighted by Gasteiger charge is 2.41. The van der Waals surface area contributed by atoms with Crippen molar-refractivity contribution < 1.29 is 9.53 Å². The van der Waals surface area contributed by atoms with Crippen LogP contribution in [0.4, 0.5) is 0 Å². The molecule has 21 heavy (non-hydrogen) atoms. The molecule has 1 aromatic heterocycles. The van der Waals surface area contributed by atoms with Crippen LogP contribution in [-0.2, 0) is 4.74 Å². The van der Waals surface area contributed by atoms with E-state index in [2.05, 4.69) is 15.3 Å². The summed E-state index contributed by atoms with van der Waals surface area (Å²) in [5.74, 6) is 0.132. The zero-order valence-corrected chi connectivity index (χ0v) is 12.3. The lowest BCUT2D eigenvalue weighted by Gasteiger charge is -2.32. The third kappa shape index (κ3) is 3.00. The summed E-state index contributed by atoms with van der Waals surface area (Å²) in [5, 5.41) is 2.90. The first-order chi connectivity index (χ1) is 10.1. The highest BCUT2D eigenvalue weighted by molar-refractivity contribution is 5.93. The Labute approximate surface area is 123 Å². The van der Waals surface area contributed by atoms with Gasteiger partial charge in [0.25, 0.3) is 11.5 Å². The number of ether oxygens (including phenoxy) is 1. The highest BCUT2D eigenvalue weighted by Crippen LogP contribution is 2.39. The molecule has 3 rings (SSSR count). The maximum Gasteiger partial charge on any atom is 0.263 e. The summed E-state index contributed by atoms with van der Waals surface area (Å²) in [6.45, 7) is 2.21. The van der Waals surface area contributed by atoms with Crippen molar-refractivity contribution >= 4 is 5.91 Å². The molecule has 1 saturated heterocycles. The van der Waals surface area contributed by atoms with Crippen LogP contribution in [0.3, 0.4) is 0 Å². The molecule has 2 fully saturated rings. The van der Waals surface area contributed by atoms with Crippen molar-refractivity contribution in [3.8, 4) is 0 Å². The number of carbonyl (C=O) groups is 1. The molecule has 1 amide bonds. The summed E-state index contributed by atoms with van der Waals surface area (Å²) in [6.07, 6.45) is 7.99. The Morgan fingerprint density at radius 2 is 2.19 bits per heavy atom. The monoisotopic (exact) mass is 291 g/mol. The van der Waals surface area contributed by atoms with Gasteiger partial charge in [0.15, 0.2) is 0 Å². The van der Waals surface area contributed by atoms with E-state index in [0.29, 0.717) is 12.4 Å². The summed E-state index contributed by atoms with van der Waals surface area (Å²) in [4.78, 5) is 30.5. The minimum absolute atomic E-state index is 0.0173. The number of amides is 1. The van der Waals surface area contributed by atoms with Gasteiger partial charge in [0.2, 0.25) is 0 Å². The van der Waals surface area contributed by atoms with E-state index in [4.69, 9.17) is 4.74 Å². The van der Waals surface area contributed by atoms with E-state index in [-0.39, 0.29) is 23.1 Å². The molecule has 1 spiro atoms. The van der Waals surface area contributed by atoms with E-state index in [1.165, 1.54) is 25.5 Å². The second kappa shape index (κ2) is 5.60. The molecule has 6 heteroatoms. The number of hydrogen-bond donors (Lipinski definition) is 2. The van der Waals surface area contributed by atoms with Gasteiger partial charge in [-0.15, -0.1) is 0 Å². The number of nitrogens with zero attached hydrogens (tertiary/aromatic N) is 1. The lowest BCUT2D eigenvalue weighted by atomic mass is 9.82. The van der Waals surface area contributed by atoms with E-state index < -0.39 is 5.56 Å². The molecule has 0 aromatic carbocycles. The molecule has 2 aliphatic rings. The predicted molar refractivity (Wildman–Crippen MR) is 77.2 cm³/mol. The van der Waals surface area contributed by atoms with Gasteiger partial charge in [-0.05, 0) is 26.2 Å². The van der Waals surface area contributed by atoms with Crippen molar-refractivity contribution in [1.82, 2.24) is 15.3 Å². The van der Waals surface area contributed by atoms with Gasteiger partial charge >= 0.3 is 0 Å². The fourth-order valence-electron chi connectivity index (χ4n) is 3.39. The van der Waals surface area contributed by atoms with E-state index in [1.807, 2.05) is 0 Å². The van der Waals surface area contributed by atoms with Gasteiger partial charge in [0.1, 0.15) is 11.4 Å². The molecule has 1 aliphatic carbocycles. The number of rotatable bonds is 2. The maximum atomic E-state index is 12.2. The fraction of sp³-hybridized carbons (Fsp3) is 0.667. The molecule has 1 saturated carbocycles. The highest BCUT2D eigenvalue weighted by atomic mass is 16.5. The molecule has 2 heterocycles. The third-order valence-electron chi connectivity index (χ3n) is 4.48. The van der Waals surface area contributed by atoms with Crippen LogP contribution in [-0.4, -0.2) is 34.1 Å². The molecule has 114 valence electrons. The molecule has 0 radical (unpaired) electrons. The number of aromatic nitrogens is 2. The minimum atomic E-state index is -0.397. The number of aryl methyl sites for hydroxylation is 1. The third-order valence-corrected chi connectivity index (χ3v) is 4.48. The molecule has 1 atom stereocenters. The van der Waals surface area contributed by atoms with E-state index in [0.717, 1.165) is 19.3 Å². The van der Waals surface area contributed by atoms with Crippen molar-refractivity contribution in [2.75, 3.05) is 6.61 Å². The molecule has 1 aromatic rings. The summed E-state index contributed by atoms with van der Waals surface area (Å²) < 4.78 is 5.96. The SMILES string of the molecule is Cc1ncc(C(=O)NC2COC3(CCCCC3)C2)c(=O)[nH]1. The number of nitrogens with one attached hydrogen (secondary N) is 2. The molecule has 1 unspecified atom stereocenters. The number of H-pyrrole nitrogens is 1. The minimum Gasteiger partial charge on any atom is -0.373 e. The first-order valence-electron chi connectivity index (χ1n) is 7.59. The second-order valence-electron chi connectivity index (χ2n) is 6.14. The van der Waals surface area contributed by atoms with Crippen molar-refractivity contribution in [2.45, 2.75) is 57.1 Å². The zero-order chi connectivity index (χ0) is 14.9. The van der Waals surface area contributed by atoms with Crippen LogP contribution >= 0.6 is 0 Å². The van der Waals surface area contributed by atoms with E-state index >= 15 is 0 Å². The number of hydrogen-bond acceptors (Lipinski definition) is 4.